The number of benzene rings is 1. The van der Waals surface area contributed by atoms with Gasteiger partial charge in [0.2, 0.25) is 5.91 Å². The first-order valence-corrected chi connectivity index (χ1v) is 5.40. The molecule has 0 unspecified atom stereocenters. The van der Waals surface area contributed by atoms with Crippen molar-refractivity contribution in [3.8, 4) is 6.07 Å². The number of carbonyl (C=O) groups is 1. The summed E-state index contributed by atoms with van der Waals surface area (Å²) in [6.45, 7) is 5.67. The molecule has 0 radical (unpaired) electrons. The average Bonchev–Trinajstić information content (AvgIpc) is 2.35. The number of amides is 1. The Labute approximate surface area is 105 Å². The van der Waals surface area contributed by atoms with Gasteiger partial charge in [-0.1, -0.05) is 6.08 Å². The van der Waals surface area contributed by atoms with Gasteiger partial charge in [0, 0.05) is 17.8 Å². The van der Waals surface area contributed by atoms with Crippen LogP contribution < -0.4 is 10.6 Å². The Balaban J connectivity index is 2.78. The van der Waals surface area contributed by atoms with E-state index in [1.54, 1.807) is 13.0 Å². The lowest BCUT2D eigenvalue weighted by Crippen LogP contribution is -2.28. The summed E-state index contributed by atoms with van der Waals surface area (Å²) in [5.74, 6) is -0.808. The van der Waals surface area contributed by atoms with Crippen LogP contribution in [0.4, 0.5) is 10.1 Å². The summed E-state index contributed by atoms with van der Waals surface area (Å²) < 4.78 is 13.5. The number of hydrogen-bond acceptors (Lipinski definition) is 3. The van der Waals surface area contributed by atoms with Crippen LogP contribution in [-0.2, 0) is 4.79 Å². The Bertz CT molecular complexity index is 506. The molecule has 0 saturated carbocycles. The molecule has 18 heavy (non-hydrogen) atoms. The lowest BCUT2D eigenvalue weighted by atomic mass is 10.1. The summed E-state index contributed by atoms with van der Waals surface area (Å²) in [6.07, 6.45) is 1.63. The first-order valence-electron chi connectivity index (χ1n) is 5.40. The third-order valence-corrected chi connectivity index (χ3v) is 2.32. The van der Waals surface area contributed by atoms with Gasteiger partial charge in [0.1, 0.15) is 5.82 Å². The van der Waals surface area contributed by atoms with E-state index >= 15 is 0 Å². The van der Waals surface area contributed by atoms with E-state index in [1.165, 1.54) is 6.07 Å². The zero-order chi connectivity index (χ0) is 13.5. The van der Waals surface area contributed by atoms with Crippen molar-refractivity contribution in [2.24, 2.45) is 0 Å². The number of hydrogen-bond donors (Lipinski definition) is 2. The fourth-order valence-electron chi connectivity index (χ4n) is 1.36. The summed E-state index contributed by atoms with van der Waals surface area (Å²) in [6, 6.07) is 4.43. The van der Waals surface area contributed by atoms with Gasteiger partial charge in [0.15, 0.2) is 0 Å². The van der Waals surface area contributed by atoms with E-state index in [4.69, 9.17) is 5.26 Å². The van der Waals surface area contributed by atoms with Gasteiger partial charge < -0.3 is 10.6 Å². The van der Waals surface area contributed by atoms with Crippen LogP contribution in [0.2, 0.25) is 0 Å². The van der Waals surface area contributed by atoms with Gasteiger partial charge in [0.05, 0.1) is 18.2 Å². The number of nitrogens with one attached hydrogen (secondary N) is 2. The molecule has 0 atom stereocenters. The molecule has 1 rings (SSSR count). The van der Waals surface area contributed by atoms with Crippen molar-refractivity contribution in [2.75, 3.05) is 18.4 Å². The van der Waals surface area contributed by atoms with E-state index in [1.807, 2.05) is 6.07 Å². The molecule has 5 heteroatoms. The lowest BCUT2D eigenvalue weighted by Gasteiger charge is -2.09. The Morgan fingerprint density at radius 1 is 1.61 bits per heavy atom. The van der Waals surface area contributed by atoms with Crippen molar-refractivity contribution < 1.29 is 9.18 Å². The Kier molecular flexibility index (Phi) is 5.03. The number of anilines is 1. The van der Waals surface area contributed by atoms with Crippen LogP contribution >= 0.6 is 0 Å². The summed E-state index contributed by atoms with van der Waals surface area (Å²) in [5.41, 5.74) is 0.801. The molecule has 4 nitrogen and oxygen atoms in total. The SMILES string of the molecule is C=CCNCC(=O)Nc1cc(C#N)cc(F)c1C. The Morgan fingerprint density at radius 2 is 2.33 bits per heavy atom. The minimum atomic E-state index is -0.511. The van der Waals surface area contributed by atoms with E-state index in [0.717, 1.165) is 6.07 Å². The van der Waals surface area contributed by atoms with E-state index in [0.29, 0.717) is 17.8 Å². The molecule has 0 aliphatic rings. The molecule has 0 fully saturated rings. The number of halogens is 1. The highest BCUT2D eigenvalue weighted by Crippen LogP contribution is 2.20. The zero-order valence-corrected chi connectivity index (χ0v) is 10.1. The smallest absolute Gasteiger partial charge is 0.238 e. The molecule has 0 heterocycles. The molecular weight excluding hydrogens is 233 g/mol. The van der Waals surface area contributed by atoms with Gasteiger partial charge in [-0.3, -0.25) is 4.79 Å². The Morgan fingerprint density at radius 3 is 2.94 bits per heavy atom. The molecule has 1 aromatic carbocycles. The van der Waals surface area contributed by atoms with Gasteiger partial charge in [-0.15, -0.1) is 6.58 Å². The fraction of sp³-hybridized carbons (Fsp3) is 0.231. The van der Waals surface area contributed by atoms with Crippen LogP contribution in [0.3, 0.4) is 0 Å². The molecule has 0 spiro atoms. The van der Waals surface area contributed by atoms with Crippen molar-refractivity contribution in [1.82, 2.24) is 5.32 Å². The van der Waals surface area contributed by atoms with E-state index in [-0.39, 0.29) is 18.0 Å². The standard InChI is InChI=1S/C13H14FN3O/c1-3-4-16-8-13(18)17-12-6-10(7-15)5-11(14)9(12)2/h3,5-6,16H,1,4,8H2,2H3,(H,17,18). The predicted octanol–water partition coefficient (Wildman–Crippen LogP) is 1.72. The van der Waals surface area contributed by atoms with Gasteiger partial charge in [0.25, 0.3) is 0 Å². The lowest BCUT2D eigenvalue weighted by molar-refractivity contribution is -0.115. The normalized spacial score (nSPS) is 9.61. The van der Waals surface area contributed by atoms with Crippen molar-refractivity contribution in [3.05, 3.63) is 41.7 Å². The number of carbonyl (C=O) groups excluding carboxylic acids is 1. The molecule has 1 aromatic rings. The van der Waals surface area contributed by atoms with Crippen LogP contribution in [0, 0.1) is 24.1 Å². The average molecular weight is 247 g/mol. The summed E-state index contributed by atoms with van der Waals surface area (Å²) in [7, 11) is 0. The van der Waals surface area contributed by atoms with Crippen molar-refractivity contribution >= 4 is 11.6 Å². The third-order valence-electron chi connectivity index (χ3n) is 2.32. The molecule has 0 saturated heterocycles. The van der Waals surface area contributed by atoms with Crippen molar-refractivity contribution in [1.29, 1.82) is 5.26 Å². The molecule has 0 aliphatic heterocycles. The van der Waals surface area contributed by atoms with Crippen molar-refractivity contribution in [3.63, 3.8) is 0 Å². The predicted molar refractivity (Wildman–Crippen MR) is 67.5 cm³/mol. The van der Waals surface area contributed by atoms with Gasteiger partial charge in [-0.05, 0) is 19.1 Å². The fourth-order valence-corrected chi connectivity index (χ4v) is 1.36. The minimum Gasteiger partial charge on any atom is -0.325 e. The summed E-state index contributed by atoms with van der Waals surface area (Å²) >= 11 is 0. The van der Waals surface area contributed by atoms with Gasteiger partial charge >= 0.3 is 0 Å². The topological polar surface area (TPSA) is 64.9 Å². The van der Waals surface area contributed by atoms with E-state index in [2.05, 4.69) is 17.2 Å². The maximum atomic E-state index is 13.5. The molecule has 94 valence electrons. The minimum absolute atomic E-state index is 0.101. The van der Waals surface area contributed by atoms with Crippen LogP contribution in [0.5, 0.6) is 0 Å². The second kappa shape index (κ2) is 6.52. The highest BCUT2D eigenvalue weighted by atomic mass is 19.1. The molecule has 0 aromatic heterocycles. The largest absolute Gasteiger partial charge is 0.325 e. The second-order valence-corrected chi connectivity index (χ2v) is 3.71. The summed E-state index contributed by atoms with van der Waals surface area (Å²) in [5, 5.41) is 14.1. The quantitative estimate of drug-likeness (QED) is 0.615. The highest BCUT2D eigenvalue weighted by Gasteiger charge is 2.09. The molecule has 2 N–H and O–H groups in total. The molecule has 0 aliphatic carbocycles. The van der Waals surface area contributed by atoms with Gasteiger partial charge in [-0.2, -0.15) is 5.26 Å². The monoisotopic (exact) mass is 247 g/mol. The molecule has 0 bridgehead atoms. The first-order chi connectivity index (χ1) is 8.58. The van der Waals surface area contributed by atoms with E-state index in [9.17, 15) is 9.18 Å². The van der Waals surface area contributed by atoms with Crippen LogP contribution in [0.25, 0.3) is 0 Å². The molecular formula is C13H14FN3O. The third kappa shape index (κ3) is 3.68. The Hall–Kier alpha value is -2.19. The van der Waals surface area contributed by atoms with Gasteiger partial charge in [-0.25, -0.2) is 4.39 Å². The van der Waals surface area contributed by atoms with Crippen molar-refractivity contribution in [2.45, 2.75) is 6.92 Å². The van der Waals surface area contributed by atoms with E-state index < -0.39 is 5.82 Å². The number of nitrogens with zero attached hydrogens (tertiary/aromatic N) is 1. The highest BCUT2D eigenvalue weighted by molar-refractivity contribution is 5.93. The summed E-state index contributed by atoms with van der Waals surface area (Å²) in [4.78, 5) is 11.5. The van der Waals surface area contributed by atoms with Crippen LogP contribution in [-0.4, -0.2) is 19.0 Å². The number of rotatable bonds is 5. The zero-order valence-electron chi connectivity index (χ0n) is 10.1. The molecule has 1 amide bonds. The first kappa shape index (κ1) is 13.9. The van der Waals surface area contributed by atoms with Crippen LogP contribution in [0.1, 0.15) is 11.1 Å². The maximum absolute atomic E-state index is 13.5. The second-order valence-electron chi connectivity index (χ2n) is 3.71. The van der Waals surface area contributed by atoms with Crippen LogP contribution in [0.15, 0.2) is 24.8 Å². The maximum Gasteiger partial charge on any atom is 0.238 e. The number of nitriles is 1.